The van der Waals surface area contributed by atoms with Crippen LogP contribution in [0.4, 0.5) is 0 Å². The summed E-state index contributed by atoms with van der Waals surface area (Å²) in [6, 6.07) is 12.9. The highest BCUT2D eigenvalue weighted by Crippen LogP contribution is 2.24. The van der Waals surface area contributed by atoms with E-state index >= 15 is 0 Å². The summed E-state index contributed by atoms with van der Waals surface area (Å²) in [7, 11) is 1.62. The van der Waals surface area contributed by atoms with E-state index in [9.17, 15) is 4.79 Å². The molecule has 0 aliphatic heterocycles. The van der Waals surface area contributed by atoms with Crippen LogP contribution >= 0.6 is 0 Å². The number of nitrogens with zero attached hydrogens (tertiary/aromatic N) is 2. The standard InChI is InChI=1S/C20H23N3O3/c1-13(2)12-21-20(24)18-11-17(19-10-5-14(3)26-19)22-23(18)15-6-8-16(25-4)9-7-15/h5-11,13H,12H2,1-4H3,(H,21,24). The number of carbonyl (C=O) groups is 1. The fourth-order valence-electron chi connectivity index (χ4n) is 2.54. The molecule has 0 fully saturated rings. The molecule has 1 N–H and O–H groups in total. The minimum Gasteiger partial charge on any atom is -0.497 e. The van der Waals surface area contributed by atoms with E-state index in [1.165, 1.54) is 0 Å². The summed E-state index contributed by atoms with van der Waals surface area (Å²) in [6.07, 6.45) is 0. The highest BCUT2D eigenvalue weighted by molar-refractivity contribution is 5.94. The van der Waals surface area contributed by atoms with Crippen molar-refractivity contribution in [2.75, 3.05) is 13.7 Å². The maximum Gasteiger partial charge on any atom is 0.270 e. The first-order chi connectivity index (χ1) is 12.5. The molecule has 6 nitrogen and oxygen atoms in total. The Morgan fingerprint density at radius 3 is 2.54 bits per heavy atom. The van der Waals surface area contributed by atoms with Crippen LogP contribution in [0.1, 0.15) is 30.1 Å². The maximum atomic E-state index is 12.7. The third-order valence-corrected chi connectivity index (χ3v) is 3.92. The summed E-state index contributed by atoms with van der Waals surface area (Å²) in [5.41, 5.74) is 1.85. The molecule has 0 aliphatic carbocycles. The summed E-state index contributed by atoms with van der Waals surface area (Å²) >= 11 is 0. The zero-order valence-corrected chi connectivity index (χ0v) is 15.4. The Bertz CT molecular complexity index is 891. The van der Waals surface area contributed by atoms with Gasteiger partial charge in [0.25, 0.3) is 5.91 Å². The second-order valence-electron chi connectivity index (χ2n) is 6.54. The summed E-state index contributed by atoms with van der Waals surface area (Å²) in [4.78, 5) is 12.7. The van der Waals surface area contributed by atoms with E-state index in [1.807, 2.05) is 43.3 Å². The summed E-state index contributed by atoms with van der Waals surface area (Å²) in [5, 5.41) is 7.54. The van der Waals surface area contributed by atoms with Gasteiger partial charge in [-0.25, -0.2) is 4.68 Å². The van der Waals surface area contributed by atoms with Gasteiger partial charge in [-0.3, -0.25) is 4.79 Å². The molecule has 0 unspecified atom stereocenters. The molecule has 0 atom stereocenters. The first kappa shape index (κ1) is 17.8. The topological polar surface area (TPSA) is 69.3 Å². The Morgan fingerprint density at radius 1 is 1.23 bits per heavy atom. The number of hydrogen-bond acceptors (Lipinski definition) is 4. The van der Waals surface area contributed by atoms with E-state index in [-0.39, 0.29) is 5.91 Å². The number of furan rings is 1. The summed E-state index contributed by atoms with van der Waals surface area (Å²) < 4.78 is 12.5. The van der Waals surface area contributed by atoms with Gasteiger partial charge in [0, 0.05) is 12.6 Å². The van der Waals surface area contributed by atoms with Crippen LogP contribution in [-0.2, 0) is 0 Å². The van der Waals surface area contributed by atoms with Crippen molar-refractivity contribution in [3.63, 3.8) is 0 Å². The Labute approximate surface area is 152 Å². The number of methoxy groups -OCH3 is 1. The number of aryl methyl sites for hydroxylation is 1. The highest BCUT2D eigenvalue weighted by atomic mass is 16.5. The lowest BCUT2D eigenvalue weighted by molar-refractivity contribution is 0.0941. The molecule has 1 amide bonds. The monoisotopic (exact) mass is 353 g/mol. The van der Waals surface area contributed by atoms with Crippen molar-refractivity contribution in [1.82, 2.24) is 15.1 Å². The van der Waals surface area contributed by atoms with Crippen molar-refractivity contribution in [3.05, 3.63) is 53.9 Å². The van der Waals surface area contributed by atoms with Crippen LogP contribution in [-0.4, -0.2) is 29.3 Å². The average molecular weight is 353 g/mol. The van der Waals surface area contributed by atoms with Gasteiger partial charge in [0.05, 0.1) is 12.8 Å². The number of amides is 1. The second kappa shape index (κ2) is 7.47. The van der Waals surface area contributed by atoms with Crippen LogP contribution in [0, 0.1) is 12.8 Å². The highest BCUT2D eigenvalue weighted by Gasteiger charge is 2.19. The lowest BCUT2D eigenvalue weighted by Gasteiger charge is -2.10. The van der Waals surface area contributed by atoms with Gasteiger partial charge in [-0.1, -0.05) is 13.8 Å². The number of nitrogens with one attached hydrogen (secondary N) is 1. The molecular weight excluding hydrogens is 330 g/mol. The second-order valence-corrected chi connectivity index (χ2v) is 6.54. The van der Waals surface area contributed by atoms with Crippen LogP contribution in [0.25, 0.3) is 17.1 Å². The van der Waals surface area contributed by atoms with Crippen LogP contribution in [0.2, 0.25) is 0 Å². The number of benzene rings is 1. The SMILES string of the molecule is COc1ccc(-n2nc(-c3ccc(C)o3)cc2C(=O)NCC(C)C)cc1. The van der Waals surface area contributed by atoms with Gasteiger partial charge in [0.2, 0.25) is 0 Å². The number of aromatic nitrogens is 2. The third-order valence-electron chi connectivity index (χ3n) is 3.92. The van der Waals surface area contributed by atoms with Crippen molar-refractivity contribution in [2.24, 2.45) is 5.92 Å². The summed E-state index contributed by atoms with van der Waals surface area (Å²) in [5.74, 6) is 2.37. The van der Waals surface area contributed by atoms with Gasteiger partial charge in [-0.15, -0.1) is 0 Å². The number of rotatable bonds is 6. The summed E-state index contributed by atoms with van der Waals surface area (Å²) in [6.45, 7) is 6.58. The van der Waals surface area contributed by atoms with E-state index in [0.717, 1.165) is 17.2 Å². The molecule has 3 aromatic rings. The van der Waals surface area contributed by atoms with Crippen molar-refractivity contribution in [2.45, 2.75) is 20.8 Å². The first-order valence-corrected chi connectivity index (χ1v) is 8.57. The Hall–Kier alpha value is -3.02. The van der Waals surface area contributed by atoms with E-state index in [4.69, 9.17) is 9.15 Å². The molecule has 0 radical (unpaired) electrons. The van der Waals surface area contributed by atoms with Crippen LogP contribution in [0.3, 0.4) is 0 Å². The largest absolute Gasteiger partial charge is 0.497 e. The zero-order chi connectivity index (χ0) is 18.7. The van der Waals surface area contributed by atoms with Crippen LogP contribution in [0.5, 0.6) is 5.75 Å². The van der Waals surface area contributed by atoms with E-state index in [0.29, 0.717) is 29.6 Å². The third kappa shape index (κ3) is 3.79. The van der Waals surface area contributed by atoms with Gasteiger partial charge in [0.15, 0.2) is 5.76 Å². The van der Waals surface area contributed by atoms with Crippen molar-refractivity contribution < 1.29 is 13.9 Å². The van der Waals surface area contributed by atoms with Crippen molar-refractivity contribution in [3.8, 4) is 22.9 Å². The van der Waals surface area contributed by atoms with Gasteiger partial charge in [0.1, 0.15) is 22.9 Å². The molecule has 0 saturated heterocycles. The fraction of sp³-hybridized carbons (Fsp3) is 0.300. The fourth-order valence-corrected chi connectivity index (χ4v) is 2.54. The zero-order valence-electron chi connectivity index (χ0n) is 15.4. The van der Waals surface area contributed by atoms with Crippen molar-refractivity contribution in [1.29, 1.82) is 0 Å². The Kier molecular flexibility index (Phi) is 5.11. The molecule has 6 heteroatoms. The molecule has 0 bridgehead atoms. The average Bonchev–Trinajstić information content (AvgIpc) is 3.26. The lowest BCUT2D eigenvalue weighted by atomic mass is 10.2. The molecule has 0 aliphatic rings. The van der Waals surface area contributed by atoms with E-state index in [1.54, 1.807) is 17.9 Å². The van der Waals surface area contributed by atoms with Gasteiger partial charge in [-0.2, -0.15) is 5.10 Å². The first-order valence-electron chi connectivity index (χ1n) is 8.57. The predicted molar refractivity (Wildman–Crippen MR) is 99.7 cm³/mol. The van der Waals surface area contributed by atoms with Crippen molar-refractivity contribution >= 4 is 5.91 Å². The molecule has 2 aromatic heterocycles. The number of hydrogen-bond donors (Lipinski definition) is 1. The number of carbonyl (C=O) groups excluding carboxylic acids is 1. The van der Waals surface area contributed by atoms with E-state index in [2.05, 4.69) is 24.3 Å². The smallest absolute Gasteiger partial charge is 0.270 e. The van der Waals surface area contributed by atoms with Gasteiger partial charge >= 0.3 is 0 Å². The quantitative estimate of drug-likeness (QED) is 0.731. The van der Waals surface area contributed by atoms with Crippen LogP contribution < -0.4 is 10.1 Å². The number of ether oxygens (including phenoxy) is 1. The molecule has 0 saturated carbocycles. The molecule has 1 aromatic carbocycles. The molecule has 2 heterocycles. The minimum absolute atomic E-state index is 0.170. The predicted octanol–water partition coefficient (Wildman–Crippen LogP) is 3.84. The molecule has 26 heavy (non-hydrogen) atoms. The molecule has 0 spiro atoms. The Morgan fingerprint density at radius 2 is 1.96 bits per heavy atom. The normalized spacial score (nSPS) is 11.0. The Balaban J connectivity index is 2.01. The molecular formula is C20H23N3O3. The molecule has 136 valence electrons. The van der Waals surface area contributed by atoms with Gasteiger partial charge < -0.3 is 14.5 Å². The maximum absolute atomic E-state index is 12.7. The van der Waals surface area contributed by atoms with Crippen LogP contribution in [0.15, 0.2) is 46.9 Å². The van der Waals surface area contributed by atoms with E-state index < -0.39 is 0 Å². The minimum atomic E-state index is -0.170. The molecule has 3 rings (SSSR count). The van der Waals surface area contributed by atoms with Gasteiger partial charge in [-0.05, 0) is 49.2 Å². The lowest BCUT2D eigenvalue weighted by Crippen LogP contribution is -2.29.